The molecule has 0 spiro atoms. The SMILES string of the molecule is CC(C)NCC1CCC1Cc1nc2ccccc2n1C. The monoisotopic (exact) mass is 271 g/mol. The van der Waals surface area contributed by atoms with Crippen LogP contribution in [0.15, 0.2) is 24.3 Å². The quantitative estimate of drug-likeness (QED) is 0.905. The van der Waals surface area contributed by atoms with Crippen LogP contribution in [-0.2, 0) is 13.5 Å². The number of hydrogen-bond acceptors (Lipinski definition) is 2. The number of aromatic nitrogens is 2. The lowest BCUT2D eigenvalue weighted by molar-refractivity contribution is 0.164. The topological polar surface area (TPSA) is 29.9 Å². The lowest BCUT2D eigenvalue weighted by atomic mass is 9.71. The molecule has 1 aliphatic rings. The number of benzene rings is 1. The number of fused-ring (bicyclic) bond motifs is 1. The Hall–Kier alpha value is -1.35. The Balaban J connectivity index is 1.69. The first-order valence-electron chi connectivity index (χ1n) is 7.79. The van der Waals surface area contributed by atoms with Crippen molar-refractivity contribution in [1.82, 2.24) is 14.9 Å². The van der Waals surface area contributed by atoms with Crippen LogP contribution in [0, 0.1) is 11.8 Å². The van der Waals surface area contributed by atoms with Crippen molar-refractivity contribution in [2.24, 2.45) is 18.9 Å². The van der Waals surface area contributed by atoms with Gasteiger partial charge in [0.05, 0.1) is 11.0 Å². The number of nitrogens with one attached hydrogen (secondary N) is 1. The first kappa shape index (κ1) is 13.6. The fourth-order valence-electron chi connectivity index (χ4n) is 3.18. The Labute approximate surface area is 121 Å². The van der Waals surface area contributed by atoms with Gasteiger partial charge in [0.25, 0.3) is 0 Å². The van der Waals surface area contributed by atoms with Gasteiger partial charge in [0.15, 0.2) is 0 Å². The van der Waals surface area contributed by atoms with Crippen molar-refractivity contribution >= 4 is 11.0 Å². The highest BCUT2D eigenvalue weighted by Crippen LogP contribution is 2.36. The number of aryl methyl sites for hydroxylation is 1. The third-order valence-electron chi connectivity index (χ3n) is 4.69. The molecule has 3 rings (SSSR count). The van der Waals surface area contributed by atoms with Crippen LogP contribution in [0.2, 0.25) is 0 Å². The predicted molar refractivity (Wildman–Crippen MR) is 83.8 cm³/mol. The van der Waals surface area contributed by atoms with E-state index in [4.69, 9.17) is 4.98 Å². The Kier molecular flexibility index (Phi) is 3.79. The smallest absolute Gasteiger partial charge is 0.109 e. The fourth-order valence-corrected chi connectivity index (χ4v) is 3.18. The molecule has 1 heterocycles. The van der Waals surface area contributed by atoms with Crippen molar-refractivity contribution in [2.45, 2.75) is 39.2 Å². The van der Waals surface area contributed by atoms with Crippen LogP contribution in [0.5, 0.6) is 0 Å². The molecule has 1 aromatic heterocycles. The molecule has 0 aliphatic heterocycles. The zero-order valence-corrected chi connectivity index (χ0v) is 12.8. The van der Waals surface area contributed by atoms with E-state index in [1.165, 1.54) is 24.2 Å². The number of para-hydroxylation sites is 2. The van der Waals surface area contributed by atoms with Gasteiger partial charge in [-0.1, -0.05) is 26.0 Å². The maximum atomic E-state index is 4.81. The molecule has 2 aromatic rings. The van der Waals surface area contributed by atoms with Crippen LogP contribution >= 0.6 is 0 Å². The molecule has 3 heteroatoms. The van der Waals surface area contributed by atoms with Gasteiger partial charge in [-0.05, 0) is 43.4 Å². The second kappa shape index (κ2) is 5.57. The van der Waals surface area contributed by atoms with Crippen LogP contribution in [-0.4, -0.2) is 22.1 Å². The summed E-state index contributed by atoms with van der Waals surface area (Å²) in [4.78, 5) is 4.81. The Morgan fingerprint density at radius 3 is 2.65 bits per heavy atom. The number of nitrogens with zero attached hydrogens (tertiary/aromatic N) is 2. The molecule has 20 heavy (non-hydrogen) atoms. The molecule has 1 aromatic carbocycles. The molecule has 1 fully saturated rings. The first-order chi connectivity index (χ1) is 9.65. The summed E-state index contributed by atoms with van der Waals surface area (Å²) in [5.41, 5.74) is 2.37. The Bertz CT molecular complexity index is 585. The average Bonchev–Trinajstić information content (AvgIpc) is 2.72. The van der Waals surface area contributed by atoms with E-state index in [0.29, 0.717) is 6.04 Å². The highest BCUT2D eigenvalue weighted by atomic mass is 15.1. The van der Waals surface area contributed by atoms with Gasteiger partial charge in [-0.25, -0.2) is 4.98 Å². The molecule has 0 radical (unpaired) electrons. The molecule has 2 atom stereocenters. The van der Waals surface area contributed by atoms with Crippen LogP contribution < -0.4 is 5.32 Å². The van der Waals surface area contributed by atoms with Crippen LogP contribution in [0.25, 0.3) is 11.0 Å². The standard InChI is InChI=1S/C17H25N3/c1-12(2)18-11-14-9-8-13(14)10-17-19-15-6-4-5-7-16(15)20(17)3/h4-7,12-14,18H,8-11H2,1-3H3. The average molecular weight is 271 g/mol. The molecule has 1 saturated carbocycles. The molecule has 0 bridgehead atoms. The number of hydrogen-bond donors (Lipinski definition) is 1. The largest absolute Gasteiger partial charge is 0.331 e. The molecule has 108 valence electrons. The van der Waals surface area contributed by atoms with E-state index >= 15 is 0 Å². The minimum absolute atomic E-state index is 0.590. The summed E-state index contributed by atoms with van der Waals surface area (Å²) in [5.74, 6) is 2.87. The van der Waals surface area contributed by atoms with Gasteiger partial charge in [0.2, 0.25) is 0 Å². The van der Waals surface area contributed by atoms with Crippen molar-refractivity contribution in [1.29, 1.82) is 0 Å². The van der Waals surface area contributed by atoms with E-state index in [2.05, 4.69) is 55.0 Å². The summed E-state index contributed by atoms with van der Waals surface area (Å²) in [5, 5.41) is 3.58. The highest BCUT2D eigenvalue weighted by molar-refractivity contribution is 5.75. The summed E-state index contributed by atoms with van der Waals surface area (Å²) < 4.78 is 2.26. The van der Waals surface area contributed by atoms with E-state index in [-0.39, 0.29) is 0 Å². The minimum Gasteiger partial charge on any atom is -0.331 e. The maximum absolute atomic E-state index is 4.81. The van der Waals surface area contributed by atoms with Crippen molar-refractivity contribution in [3.8, 4) is 0 Å². The van der Waals surface area contributed by atoms with Crippen molar-refractivity contribution in [2.75, 3.05) is 6.54 Å². The fraction of sp³-hybridized carbons (Fsp3) is 0.588. The third kappa shape index (κ3) is 2.59. The normalized spacial score (nSPS) is 22.4. The molecule has 0 saturated heterocycles. The minimum atomic E-state index is 0.590. The van der Waals surface area contributed by atoms with Gasteiger partial charge < -0.3 is 9.88 Å². The zero-order chi connectivity index (χ0) is 14.1. The highest BCUT2D eigenvalue weighted by Gasteiger charge is 2.31. The van der Waals surface area contributed by atoms with E-state index in [0.717, 1.165) is 30.3 Å². The Morgan fingerprint density at radius 2 is 2.00 bits per heavy atom. The second-order valence-electron chi connectivity index (χ2n) is 6.44. The number of imidazole rings is 1. The molecule has 1 aliphatic carbocycles. The van der Waals surface area contributed by atoms with Gasteiger partial charge in [-0.15, -0.1) is 0 Å². The van der Waals surface area contributed by atoms with Gasteiger partial charge in [-0.3, -0.25) is 0 Å². The summed E-state index contributed by atoms with van der Waals surface area (Å²) in [7, 11) is 2.14. The van der Waals surface area contributed by atoms with Crippen LogP contribution in [0.4, 0.5) is 0 Å². The molecule has 2 unspecified atom stereocenters. The zero-order valence-electron chi connectivity index (χ0n) is 12.8. The maximum Gasteiger partial charge on any atom is 0.109 e. The first-order valence-corrected chi connectivity index (χ1v) is 7.79. The molecular weight excluding hydrogens is 246 g/mol. The van der Waals surface area contributed by atoms with Gasteiger partial charge in [0, 0.05) is 19.5 Å². The van der Waals surface area contributed by atoms with Crippen molar-refractivity contribution < 1.29 is 0 Å². The molecule has 1 N–H and O–H groups in total. The van der Waals surface area contributed by atoms with Crippen LogP contribution in [0.3, 0.4) is 0 Å². The third-order valence-corrected chi connectivity index (χ3v) is 4.69. The predicted octanol–water partition coefficient (Wildman–Crippen LogP) is 3.14. The molecular formula is C17H25N3. The van der Waals surface area contributed by atoms with Crippen LogP contribution in [0.1, 0.15) is 32.5 Å². The molecule has 3 nitrogen and oxygen atoms in total. The summed E-state index contributed by atoms with van der Waals surface area (Å²) in [6.45, 7) is 5.60. The van der Waals surface area contributed by atoms with Crippen molar-refractivity contribution in [3.63, 3.8) is 0 Å². The van der Waals surface area contributed by atoms with E-state index < -0.39 is 0 Å². The summed E-state index contributed by atoms with van der Waals surface area (Å²) in [6, 6.07) is 9.01. The lowest BCUT2D eigenvalue weighted by Crippen LogP contribution is -2.39. The van der Waals surface area contributed by atoms with E-state index in [1.807, 2.05) is 0 Å². The van der Waals surface area contributed by atoms with E-state index in [1.54, 1.807) is 0 Å². The second-order valence-corrected chi connectivity index (χ2v) is 6.44. The van der Waals surface area contributed by atoms with Gasteiger partial charge in [-0.2, -0.15) is 0 Å². The van der Waals surface area contributed by atoms with E-state index in [9.17, 15) is 0 Å². The lowest BCUT2D eigenvalue weighted by Gasteiger charge is -2.37. The molecule has 0 amide bonds. The van der Waals surface area contributed by atoms with Gasteiger partial charge >= 0.3 is 0 Å². The number of rotatable bonds is 5. The summed E-state index contributed by atoms with van der Waals surface area (Å²) >= 11 is 0. The Morgan fingerprint density at radius 1 is 1.25 bits per heavy atom. The van der Waals surface area contributed by atoms with Crippen molar-refractivity contribution in [3.05, 3.63) is 30.1 Å². The summed E-state index contributed by atoms with van der Waals surface area (Å²) in [6.07, 6.45) is 3.84. The van der Waals surface area contributed by atoms with Gasteiger partial charge in [0.1, 0.15) is 5.82 Å².